The molecule has 5 nitrogen and oxygen atoms in total. The second-order valence-electron chi connectivity index (χ2n) is 9.56. The number of ketones is 1. The van der Waals surface area contributed by atoms with Crippen LogP contribution in [0.3, 0.4) is 0 Å². The topological polar surface area (TPSA) is 58.6 Å². The lowest BCUT2D eigenvalue weighted by Gasteiger charge is -2.34. The highest BCUT2D eigenvalue weighted by Gasteiger charge is 2.42. The van der Waals surface area contributed by atoms with E-state index in [0.29, 0.717) is 39.7 Å². The first-order chi connectivity index (χ1) is 18.9. The summed E-state index contributed by atoms with van der Waals surface area (Å²) in [7, 11) is 1.64. The molecule has 0 radical (unpaired) electrons. The molecule has 0 saturated carbocycles. The Morgan fingerprint density at radius 2 is 1.77 bits per heavy atom. The number of benzene rings is 3. The smallest absolute Gasteiger partial charge is 0.259 e. The Morgan fingerprint density at radius 3 is 2.49 bits per heavy atom. The number of allylic oxidation sites excluding steroid dienone is 1. The van der Waals surface area contributed by atoms with Crippen LogP contribution in [0.4, 0.5) is 11.4 Å². The van der Waals surface area contributed by atoms with Gasteiger partial charge in [0.05, 0.1) is 28.5 Å². The maximum absolute atomic E-state index is 14.3. The predicted octanol–water partition coefficient (Wildman–Crippen LogP) is 8.28. The number of anilines is 2. The molecule has 0 bridgehead atoms. The van der Waals surface area contributed by atoms with Crippen LogP contribution in [-0.4, -0.2) is 18.8 Å². The number of methoxy groups -OCH3 is 1. The van der Waals surface area contributed by atoms with Gasteiger partial charge in [-0.05, 0) is 71.8 Å². The minimum Gasteiger partial charge on any atom is -0.497 e. The van der Waals surface area contributed by atoms with Crippen LogP contribution < -0.4 is 15.0 Å². The molecule has 0 spiro atoms. The van der Waals surface area contributed by atoms with E-state index < -0.39 is 6.04 Å². The SMILES string of the molecule is COc1ccc([C@H]2CC(=O)C3=C(C2)Nc2ccccc2N(C(=O)c2ccc(Cl)c(Cl)c2)[C@@H]3c2cccs2)cc1. The number of carbonyl (C=O) groups excluding carboxylic acids is 2. The summed E-state index contributed by atoms with van der Waals surface area (Å²) in [5.41, 5.74) is 4.38. The average molecular weight is 576 g/mol. The maximum atomic E-state index is 14.3. The van der Waals surface area contributed by atoms with Gasteiger partial charge < -0.3 is 10.1 Å². The number of hydrogen-bond donors (Lipinski definition) is 1. The van der Waals surface area contributed by atoms with Gasteiger partial charge in [-0.3, -0.25) is 14.5 Å². The molecule has 4 aromatic rings. The average Bonchev–Trinajstić information content (AvgIpc) is 3.44. The first kappa shape index (κ1) is 25.7. The van der Waals surface area contributed by atoms with Crippen molar-refractivity contribution in [3.05, 3.63) is 122 Å². The molecule has 1 N–H and O–H groups in total. The first-order valence-corrected chi connectivity index (χ1v) is 14.2. The van der Waals surface area contributed by atoms with Crippen LogP contribution in [0.5, 0.6) is 5.75 Å². The summed E-state index contributed by atoms with van der Waals surface area (Å²) in [5.74, 6) is 0.530. The molecule has 3 aromatic carbocycles. The molecule has 0 saturated heterocycles. The number of nitrogens with one attached hydrogen (secondary N) is 1. The molecule has 2 aliphatic rings. The van der Waals surface area contributed by atoms with Crippen molar-refractivity contribution >= 4 is 57.6 Å². The molecule has 39 heavy (non-hydrogen) atoms. The zero-order chi connectivity index (χ0) is 27.1. The van der Waals surface area contributed by atoms with Crippen molar-refractivity contribution in [3.8, 4) is 5.75 Å². The Bertz CT molecular complexity index is 1600. The summed E-state index contributed by atoms with van der Waals surface area (Å²) in [4.78, 5) is 31.0. The summed E-state index contributed by atoms with van der Waals surface area (Å²) in [6.07, 6.45) is 0.984. The van der Waals surface area contributed by atoms with Gasteiger partial charge >= 0.3 is 0 Å². The fourth-order valence-electron chi connectivity index (χ4n) is 5.41. The number of carbonyl (C=O) groups is 2. The largest absolute Gasteiger partial charge is 0.497 e. The van der Waals surface area contributed by atoms with Crippen molar-refractivity contribution in [2.45, 2.75) is 24.8 Å². The van der Waals surface area contributed by atoms with Crippen LogP contribution in [-0.2, 0) is 4.79 Å². The number of hydrogen-bond acceptors (Lipinski definition) is 5. The molecule has 0 unspecified atom stereocenters. The maximum Gasteiger partial charge on any atom is 0.259 e. The Kier molecular flexibility index (Phi) is 6.94. The second-order valence-corrected chi connectivity index (χ2v) is 11.4. The van der Waals surface area contributed by atoms with Gasteiger partial charge in [0.1, 0.15) is 11.8 Å². The van der Waals surface area contributed by atoms with Gasteiger partial charge in [0, 0.05) is 28.1 Å². The van der Waals surface area contributed by atoms with Crippen molar-refractivity contribution < 1.29 is 14.3 Å². The number of Topliss-reactive ketones (excluding diaryl/α,β-unsaturated/α-hetero) is 1. The quantitative estimate of drug-likeness (QED) is 0.266. The molecule has 1 aromatic heterocycles. The minimum absolute atomic E-state index is 0.00290. The van der Waals surface area contributed by atoms with Crippen LogP contribution in [0.15, 0.2) is 95.5 Å². The Labute approximate surface area is 240 Å². The minimum atomic E-state index is -0.595. The van der Waals surface area contributed by atoms with E-state index in [9.17, 15) is 9.59 Å². The van der Waals surface area contributed by atoms with Gasteiger partial charge in [-0.25, -0.2) is 0 Å². The first-order valence-electron chi connectivity index (χ1n) is 12.5. The standard InChI is InChI=1S/C31H24Cl2N2O3S/c1-38-21-11-8-18(9-12-21)20-16-25-29(27(36)17-20)30(28-7-4-14-39-28)35(26-6-3-2-5-24(26)34-25)31(37)19-10-13-22(32)23(33)15-19/h2-15,20,30,34H,16-17H2,1H3/t20-,30-/m1/s1. The summed E-state index contributed by atoms with van der Waals surface area (Å²) < 4.78 is 5.32. The van der Waals surface area contributed by atoms with Crippen molar-refractivity contribution in [1.82, 2.24) is 0 Å². The molecule has 1 aliphatic carbocycles. The Morgan fingerprint density at radius 1 is 0.974 bits per heavy atom. The second kappa shape index (κ2) is 10.5. The predicted molar refractivity (Wildman–Crippen MR) is 157 cm³/mol. The fraction of sp³-hybridized carbons (Fsp3) is 0.161. The van der Waals surface area contributed by atoms with Crippen molar-refractivity contribution in [1.29, 1.82) is 0 Å². The van der Waals surface area contributed by atoms with Gasteiger partial charge in [0.25, 0.3) is 5.91 Å². The van der Waals surface area contributed by atoms with Crippen LogP contribution in [0.2, 0.25) is 10.0 Å². The van der Waals surface area contributed by atoms with E-state index in [4.69, 9.17) is 27.9 Å². The number of fused-ring (bicyclic) bond motifs is 1. The number of halogens is 2. The zero-order valence-corrected chi connectivity index (χ0v) is 23.3. The number of amides is 1. The van der Waals surface area contributed by atoms with Gasteiger partial charge in [-0.15, -0.1) is 11.3 Å². The highest BCUT2D eigenvalue weighted by Crippen LogP contribution is 2.48. The number of ether oxygens (including phenoxy) is 1. The molecule has 1 amide bonds. The number of rotatable bonds is 4. The summed E-state index contributed by atoms with van der Waals surface area (Å²) in [6, 6.07) is 23.7. The van der Waals surface area contributed by atoms with Crippen molar-refractivity contribution in [3.63, 3.8) is 0 Å². The Hall–Kier alpha value is -3.58. The third-order valence-corrected chi connectivity index (χ3v) is 8.94. The van der Waals surface area contributed by atoms with Crippen LogP contribution >= 0.6 is 34.5 Å². The van der Waals surface area contributed by atoms with Crippen LogP contribution in [0, 0.1) is 0 Å². The van der Waals surface area contributed by atoms with E-state index in [0.717, 1.165) is 27.6 Å². The van der Waals surface area contributed by atoms with Gasteiger partial charge in [0.2, 0.25) is 0 Å². The lowest BCUT2D eigenvalue weighted by atomic mass is 9.79. The van der Waals surface area contributed by atoms with E-state index in [1.54, 1.807) is 30.2 Å². The molecular weight excluding hydrogens is 551 g/mol. The van der Waals surface area contributed by atoms with Crippen LogP contribution in [0.25, 0.3) is 0 Å². The normalized spacial score (nSPS) is 18.6. The van der Waals surface area contributed by atoms with E-state index in [1.807, 2.05) is 66.0 Å². The van der Waals surface area contributed by atoms with Gasteiger partial charge in [-0.2, -0.15) is 0 Å². The fourth-order valence-corrected chi connectivity index (χ4v) is 6.53. The third-order valence-electron chi connectivity index (χ3n) is 7.27. The van der Waals surface area contributed by atoms with Gasteiger partial charge in [0.15, 0.2) is 5.78 Å². The summed E-state index contributed by atoms with van der Waals surface area (Å²) in [6.45, 7) is 0. The van der Waals surface area contributed by atoms with Crippen molar-refractivity contribution in [2.24, 2.45) is 0 Å². The molecule has 196 valence electrons. The molecule has 0 fully saturated rings. The number of para-hydroxylation sites is 2. The molecule has 2 atom stereocenters. The highest BCUT2D eigenvalue weighted by atomic mass is 35.5. The molecular formula is C31H24Cl2N2O3S. The molecule has 1 aliphatic heterocycles. The highest BCUT2D eigenvalue weighted by molar-refractivity contribution is 7.10. The van der Waals surface area contributed by atoms with Crippen LogP contribution in [0.1, 0.15) is 45.6 Å². The van der Waals surface area contributed by atoms with Gasteiger partial charge in [-0.1, -0.05) is 53.5 Å². The van der Waals surface area contributed by atoms with E-state index in [-0.39, 0.29) is 17.6 Å². The van der Waals surface area contributed by atoms with E-state index >= 15 is 0 Å². The molecule has 8 heteroatoms. The molecule has 6 rings (SSSR count). The lowest BCUT2D eigenvalue weighted by molar-refractivity contribution is -0.116. The third kappa shape index (κ3) is 4.73. The van der Waals surface area contributed by atoms with Crippen molar-refractivity contribution in [2.75, 3.05) is 17.3 Å². The van der Waals surface area contributed by atoms with E-state index in [2.05, 4.69) is 5.32 Å². The zero-order valence-electron chi connectivity index (χ0n) is 21.0. The molecule has 2 heterocycles. The number of nitrogens with zero attached hydrogens (tertiary/aromatic N) is 1. The Balaban J connectivity index is 1.51. The van der Waals surface area contributed by atoms with E-state index in [1.165, 1.54) is 11.3 Å². The monoisotopic (exact) mass is 574 g/mol. The lowest BCUT2D eigenvalue weighted by Crippen LogP contribution is -2.38. The summed E-state index contributed by atoms with van der Waals surface area (Å²) >= 11 is 14.0. The number of thiophene rings is 1. The summed E-state index contributed by atoms with van der Waals surface area (Å²) in [5, 5.41) is 6.20.